The highest BCUT2D eigenvalue weighted by atomic mass is 16.5. The third-order valence-electron chi connectivity index (χ3n) is 4.37. The molecule has 0 aliphatic carbocycles. The van der Waals surface area contributed by atoms with E-state index in [1.165, 1.54) is 6.42 Å². The van der Waals surface area contributed by atoms with Crippen LogP contribution >= 0.6 is 0 Å². The van der Waals surface area contributed by atoms with Gasteiger partial charge in [-0.1, -0.05) is 0 Å². The Morgan fingerprint density at radius 3 is 3.29 bits per heavy atom. The summed E-state index contributed by atoms with van der Waals surface area (Å²) in [5.74, 6) is 0. The van der Waals surface area contributed by atoms with E-state index in [2.05, 4.69) is 10.00 Å². The maximum Gasteiger partial charge on any atom is 0.267 e. The summed E-state index contributed by atoms with van der Waals surface area (Å²) in [7, 11) is 1.72. The van der Waals surface area contributed by atoms with Gasteiger partial charge in [0.25, 0.3) is 5.56 Å². The Morgan fingerprint density at radius 2 is 2.43 bits per heavy atom. The fourth-order valence-electron chi connectivity index (χ4n) is 3.19. The summed E-state index contributed by atoms with van der Waals surface area (Å²) in [5.41, 5.74) is 1.95. The van der Waals surface area contributed by atoms with Crippen LogP contribution < -0.4 is 5.56 Å². The monoisotopic (exact) mass is 293 g/mol. The van der Waals surface area contributed by atoms with Gasteiger partial charge < -0.3 is 9.47 Å². The Hall–Kier alpha value is -1.24. The molecule has 0 radical (unpaired) electrons. The molecule has 1 fully saturated rings. The number of ether oxygens (including phenoxy) is 2. The first-order chi connectivity index (χ1) is 10.3. The molecule has 6 nitrogen and oxygen atoms in total. The largest absolute Gasteiger partial charge is 0.383 e. The third-order valence-corrected chi connectivity index (χ3v) is 4.37. The van der Waals surface area contributed by atoms with Crippen LogP contribution in [0.25, 0.3) is 0 Å². The van der Waals surface area contributed by atoms with Crippen LogP contribution in [0.2, 0.25) is 0 Å². The minimum absolute atomic E-state index is 0.0159. The fourth-order valence-corrected chi connectivity index (χ4v) is 3.19. The molecule has 3 rings (SSSR count). The summed E-state index contributed by atoms with van der Waals surface area (Å²) in [5, 5.41) is 4.56. The van der Waals surface area contributed by atoms with Gasteiger partial charge in [0.15, 0.2) is 0 Å². The maximum absolute atomic E-state index is 12.2. The van der Waals surface area contributed by atoms with E-state index >= 15 is 0 Å². The van der Waals surface area contributed by atoms with Crippen LogP contribution in [0.4, 0.5) is 0 Å². The summed E-state index contributed by atoms with van der Waals surface area (Å²) in [6.45, 7) is 4.64. The van der Waals surface area contributed by atoms with Crippen molar-refractivity contribution in [1.82, 2.24) is 14.7 Å². The van der Waals surface area contributed by atoms with Gasteiger partial charge in [-0.25, -0.2) is 4.68 Å². The van der Waals surface area contributed by atoms with Gasteiger partial charge in [-0.3, -0.25) is 9.69 Å². The molecule has 0 spiro atoms. The Kier molecular flexibility index (Phi) is 4.67. The van der Waals surface area contributed by atoms with Crippen molar-refractivity contribution in [2.75, 3.05) is 33.4 Å². The number of hydrogen-bond donors (Lipinski definition) is 0. The van der Waals surface area contributed by atoms with Gasteiger partial charge in [0, 0.05) is 37.7 Å². The Morgan fingerprint density at radius 1 is 1.52 bits per heavy atom. The number of methoxy groups -OCH3 is 1. The number of nitrogens with zero attached hydrogens (tertiary/aromatic N) is 3. The van der Waals surface area contributed by atoms with Crippen LogP contribution in [-0.2, 0) is 29.0 Å². The minimum Gasteiger partial charge on any atom is -0.383 e. The second-order valence-corrected chi connectivity index (χ2v) is 5.76. The Labute approximate surface area is 124 Å². The molecule has 1 atom stereocenters. The molecule has 0 saturated carbocycles. The molecule has 1 aromatic heterocycles. The van der Waals surface area contributed by atoms with Crippen LogP contribution in [0.1, 0.15) is 24.1 Å². The van der Waals surface area contributed by atoms with E-state index in [0.29, 0.717) is 25.8 Å². The molecule has 3 heterocycles. The highest BCUT2D eigenvalue weighted by Crippen LogP contribution is 2.18. The van der Waals surface area contributed by atoms with Crippen molar-refractivity contribution in [3.05, 3.63) is 27.7 Å². The maximum atomic E-state index is 12.2. The number of aromatic nitrogens is 2. The molecule has 1 saturated heterocycles. The molecule has 21 heavy (non-hydrogen) atoms. The molecule has 0 aromatic carbocycles. The van der Waals surface area contributed by atoms with Crippen LogP contribution in [0.3, 0.4) is 0 Å². The van der Waals surface area contributed by atoms with Crippen LogP contribution in [0.15, 0.2) is 10.9 Å². The van der Waals surface area contributed by atoms with Crippen LogP contribution in [-0.4, -0.2) is 54.1 Å². The Bertz CT molecular complexity index is 543. The van der Waals surface area contributed by atoms with Gasteiger partial charge in [-0.05, 0) is 19.4 Å². The molecular weight excluding hydrogens is 270 g/mol. The van der Waals surface area contributed by atoms with Crippen LogP contribution in [0.5, 0.6) is 0 Å². The lowest BCUT2D eigenvalue weighted by molar-refractivity contribution is 0.107. The second kappa shape index (κ2) is 6.68. The van der Waals surface area contributed by atoms with E-state index in [1.54, 1.807) is 17.9 Å². The lowest BCUT2D eigenvalue weighted by Gasteiger charge is -2.25. The van der Waals surface area contributed by atoms with Gasteiger partial charge >= 0.3 is 0 Å². The molecule has 0 amide bonds. The van der Waals surface area contributed by atoms with Crippen molar-refractivity contribution in [1.29, 1.82) is 0 Å². The first-order valence-electron chi connectivity index (χ1n) is 7.68. The van der Waals surface area contributed by atoms with E-state index in [-0.39, 0.29) is 5.56 Å². The Balaban J connectivity index is 1.73. The number of likely N-dealkylation sites (tertiary alicyclic amines) is 1. The summed E-state index contributed by atoms with van der Waals surface area (Å²) in [6, 6.07) is 2.08. The molecule has 6 heteroatoms. The zero-order valence-corrected chi connectivity index (χ0v) is 12.6. The molecule has 2 aliphatic heterocycles. The first kappa shape index (κ1) is 14.7. The van der Waals surface area contributed by atoms with Crippen molar-refractivity contribution < 1.29 is 9.47 Å². The molecule has 2 aliphatic rings. The van der Waals surface area contributed by atoms with Gasteiger partial charge in [0.2, 0.25) is 0 Å². The smallest absolute Gasteiger partial charge is 0.267 e. The predicted octanol–water partition coefficient (Wildman–Crippen LogP) is 0.427. The van der Waals surface area contributed by atoms with E-state index in [4.69, 9.17) is 9.47 Å². The van der Waals surface area contributed by atoms with Gasteiger partial charge in [-0.15, -0.1) is 0 Å². The zero-order valence-electron chi connectivity index (χ0n) is 12.6. The van der Waals surface area contributed by atoms with Crippen molar-refractivity contribution in [2.45, 2.75) is 38.5 Å². The number of fused-ring (bicyclic) bond motifs is 1. The minimum atomic E-state index is -0.0159. The summed E-state index contributed by atoms with van der Waals surface area (Å²) in [6.07, 6.45) is 3.10. The lowest BCUT2D eigenvalue weighted by Crippen LogP contribution is -2.39. The predicted molar refractivity (Wildman–Crippen MR) is 78.3 cm³/mol. The molecular formula is C15H23N3O3. The lowest BCUT2D eigenvalue weighted by atomic mass is 10.1. The fraction of sp³-hybridized carbons (Fsp3) is 0.733. The number of rotatable bonds is 5. The van der Waals surface area contributed by atoms with Crippen molar-refractivity contribution >= 4 is 0 Å². The molecule has 0 bridgehead atoms. The average molecular weight is 293 g/mol. The van der Waals surface area contributed by atoms with Gasteiger partial charge in [-0.2, -0.15) is 5.10 Å². The topological polar surface area (TPSA) is 56.6 Å². The molecule has 1 unspecified atom stereocenters. The summed E-state index contributed by atoms with van der Waals surface area (Å²) < 4.78 is 12.2. The standard InChI is InChI=1S/C15H23N3O3/c1-20-8-6-17-5-2-3-13(17)10-18-15(19)9-12-11-21-7-4-14(12)16-18/h9,13H,2-8,10-11H2,1H3. The highest BCUT2D eigenvalue weighted by molar-refractivity contribution is 5.18. The molecule has 0 N–H and O–H groups in total. The van der Waals surface area contributed by atoms with E-state index in [0.717, 1.165) is 43.8 Å². The summed E-state index contributed by atoms with van der Waals surface area (Å²) in [4.78, 5) is 14.6. The number of hydrogen-bond acceptors (Lipinski definition) is 5. The van der Waals surface area contributed by atoms with E-state index in [1.807, 2.05) is 0 Å². The van der Waals surface area contributed by atoms with Gasteiger partial charge in [0.1, 0.15) is 0 Å². The zero-order chi connectivity index (χ0) is 14.7. The third kappa shape index (κ3) is 3.33. The quantitative estimate of drug-likeness (QED) is 0.788. The summed E-state index contributed by atoms with van der Waals surface area (Å²) >= 11 is 0. The van der Waals surface area contributed by atoms with Crippen molar-refractivity contribution in [2.24, 2.45) is 0 Å². The average Bonchev–Trinajstić information content (AvgIpc) is 2.93. The normalized spacial score (nSPS) is 22.4. The highest BCUT2D eigenvalue weighted by Gasteiger charge is 2.25. The first-order valence-corrected chi connectivity index (χ1v) is 7.68. The van der Waals surface area contributed by atoms with E-state index < -0.39 is 0 Å². The van der Waals surface area contributed by atoms with Crippen LogP contribution in [0, 0.1) is 0 Å². The van der Waals surface area contributed by atoms with Crippen molar-refractivity contribution in [3.8, 4) is 0 Å². The van der Waals surface area contributed by atoms with Crippen molar-refractivity contribution in [3.63, 3.8) is 0 Å². The second-order valence-electron chi connectivity index (χ2n) is 5.76. The molecule has 116 valence electrons. The molecule has 1 aromatic rings. The van der Waals surface area contributed by atoms with Gasteiger partial charge in [0.05, 0.1) is 32.1 Å². The SMILES string of the molecule is COCCN1CCCC1Cn1nc2c(cc1=O)COCC2. The van der Waals surface area contributed by atoms with E-state index in [9.17, 15) is 4.79 Å².